The zero-order valence-electron chi connectivity index (χ0n) is 29.0. The molecule has 3 aromatic heterocycles. The van der Waals surface area contributed by atoms with E-state index in [-0.39, 0.29) is 6.01 Å². The maximum absolute atomic E-state index is 11.4. The Morgan fingerprint density at radius 3 is 1.94 bits per heavy atom. The Kier molecular flexibility index (Phi) is 11.0. The minimum Gasteiger partial charge on any atom is -0.497 e. The van der Waals surface area contributed by atoms with E-state index < -0.39 is 6.09 Å². The molecule has 1 aliphatic rings. The number of nitrogens with one attached hydrogen (secondary N) is 1. The molecule has 0 bridgehead atoms. The standard InChI is InChI=1S/C36H40N10O5/c1-24-40-33(43-34(41-24)46(22-25-5-9-29(49-2)10-6-25)23-26-7-11-30(50-3)12-8-26)31-17-27(21-44-13-15-45(16-14-44)36(47)48)18-37-32(31)42-28-19-38-35(51-4)39-20-28/h5-12,17-20H,13-16,21-23H2,1-4H3,(H,37,42)(H,47,48). The Balaban J connectivity index is 1.37. The predicted octanol–water partition coefficient (Wildman–Crippen LogP) is 4.80. The van der Waals surface area contributed by atoms with E-state index in [2.05, 4.69) is 25.1 Å². The molecule has 15 heteroatoms. The topological polar surface area (TPSA) is 164 Å². The Hall–Kier alpha value is -6.09. The zero-order chi connectivity index (χ0) is 35.7. The summed E-state index contributed by atoms with van der Waals surface area (Å²) in [6.07, 6.45) is 4.13. The Labute approximate surface area is 295 Å². The number of nitrogens with zero attached hydrogens (tertiary/aromatic N) is 9. The fourth-order valence-electron chi connectivity index (χ4n) is 5.67. The number of aromatic nitrogens is 6. The average Bonchev–Trinajstić information content (AvgIpc) is 3.16. The second kappa shape index (κ2) is 16.1. The molecule has 0 spiro atoms. The molecule has 5 aromatic rings. The van der Waals surface area contributed by atoms with Crippen molar-refractivity contribution in [1.29, 1.82) is 0 Å². The number of hydrogen-bond acceptors (Lipinski definition) is 13. The first kappa shape index (κ1) is 34.8. The minimum absolute atomic E-state index is 0.249. The van der Waals surface area contributed by atoms with Crippen molar-refractivity contribution in [3.05, 3.63) is 95.7 Å². The van der Waals surface area contributed by atoms with Gasteiger partial charge in [0.2, 0.25) is 5.95 Å². The van der Waals surface area contributed by atoms with Crippen molar-refractivity contribution in [3.8, 4) is 28.9 Å². The lowest BCUT2D eigenvalue weighted by Crippen LogP contribution is -2.47. The van der Waals surface area contributed by atoms with Crippen LogP contribution in [0, 0.1) is 6.92 Å². The monoisotopic (exact) mass is 692 g/mol. The summed E-state index contributed by atoms with van der Waals surface area (Å²) in [5.41, 5.74) is 4.30. The number of carbonyl (C=O) groups is 1. The summed E-state index contributed by atoms with van der Waals surface area (Å²) in [7, 11) is 4.80. The van der Waals surface area contributed by atoms with Gasteiger partial charge in [-0.3, -0.25) is 4.90 Å². The van der Waals surface area contributed by atoms with Gasteiger partial charge in [-0.05, 0) is 53.9 Å². The highest BCUT2D eigenvalue weighted by atomic mass is 16.5. The van der Waals surface area contributed by atoms with Crippen molar-refractivity contribution in [1.82, 2.24) is 39.7 Å². The molecule has 2 N–H and O–H groups in total. The summed E-state index contributed by atoms with van der Waals surface area (Å²) in [6, 6.07) is 18.1. The van der Waals surface area contributed by atoms with Gasteiger partial charge in [0, 0.05) is 52.0 Å². The van der Waals surface area contributed by atoms with E-state index >= 15 is 0 Å². The minimum atomic E-state index is -0.898. The van der Waals surface area contributed by atoms with Crippen LogP contribution < -0.4 is 24.4 Å². The van der Waals surface area contributed by atoms with Crippen LogP contribution in [-0.2, 0) is 19.6 Å². The molecular formula is C36H40N10O5. The van der Waals surface area contributed by atoms with E-state index in [1.54, 1.807) is 32.8 Å². The molecule has 4 heterocycles. The highest BCUT2D eigenvalue weighted by Crippen LogP contribution is 2.30. The van der Waals surface area contributed by atoms with Gasteiger partial charge in [-0.2, -0.15) is 9.97 Å². The molecular weight excluding hydrogens is 652 g/mol. The number of carboxylic acid groups (broad SMARTS) is 1. The van der Waals surface area contributed by atoms with Crippen LogP contribution in [0.4, 0.5) is 22.2 Å². The van der Waals surface area contributed by atoms with Crippen molar-refractivity contribution in [3.63, 3.8) is 0 Å². The summed E-state index contributed by atoms with van der Waals surface area (Å²) in [5, 5.41) is 12.7. The molecule has 6 rings (SSSR count). The quantitative estimate of drug-likeness (QED) is 0.173. The lowest BCUT2D eigenvalue weighted by atomic mass is 10.1. The number of benzene rings is 2. The lowest BCUT2D eigenvalue weighted by molar-refractivity contribution is 0.103. The maximum atomic E-state index is 11.4. The van der Waals surface area contributed by atoms with Crippen LogP contribution in [0.3, 0.4) is 0 Å². The molecule has 51 heavy (non-hydrogen) atoms. The van der Waals surface area contributed by atoms with Crippen LogP contribution in [0.1, 0.15) is 22.5 Å². The largest absolute Gasteiger partial charge is 0.497 e. The fourth-order valence-corrected chi connectivity index (χ4v) is 5.67. The number of hydrogen-bond donors (Lipinski definition) is 2. The van der Waals surface area contributed by atoms with E-state index in [0.717, 1.165) is 28.2 Å². The van der Waals surface area contributed by atoms with Gasteiger partial charge >= 0.3 is 12.1 Å². The predicted molar refractivity (Wildman–Crippen MR) is 190 cm³/mol. The lowest BCUT2D eigenvalue weighted by Gasteiger charge is -2.33. The Morgan fingerprint density at radius 2 is 1.39 bits per heavy atom. The second-order valence-electron chi connectivity index (χ2n) is 11.9. The Bertz CT molecular complexity index is 1870. The summed E-state index contributed by atoms with van der Waals surface area (Å²) >= 11 is 0. The number of rotatable bonds is 13. The van der Waals surface area contributed by atoms with Crippen LogP contribution in [0.5, 0.6) is 17.5 Å². The normalized spacial score (nSPS) is 13.1. The number of methoxy groups -OCH3 is 3. The van der Waals surface area contributed by atoms with E-state index in [1.807, 2.05) is 61.5 Å². The van der Waals surface area contributed by atoms with E-state index in [0.29, 0.717) is 80.5 Å². The number of pyridine rings is 1. The zero-order valence-corrected chi connectivity index (χ0v) is 29.0. The molecule has 1 amide bonds. The molecule has 0 atom stereocenters. The number of amides is 1. The van der Waals surface area contributed by atoms with E-state index in [4.69, 9.17) is 34.1 Å². The van der Waals surface area contributed by atoms with Gasteiger partial charge in [0.05, 0.1) is 45.0 Å². The molecule has 0 radical (unpaired) electrons. The first-order valence-corrected chi connectivity index (χ1v) is 16.4. The molecule has 0 unspecified atom stereocenters. The van der Waals surface area contributed by atoms with Gasteiger partial charge in [0.25, 0.3) is 0 Å². The van der Waals surface area contributed by atoms with Gasteiger partial charge in [-0.1, -0.05) is 24.3 Å². The molecule has 15 nitrogen and oxygen atoms in total. The third-order valence-corrected chi connectivity index (χ3v) is 8.39. The number of piperazine rings is 1. The van der Waals surface area contributed by atoms with Gasteiger partial charge in [0.15, 0.2) is 5.82 Å². The number of anilines is 3. The van der Waals surface area contributed by atoms with Gasteiger partial charge in [-0.15, -0.1) is 0 Å². The summed E-state index contributed by atoms with van der Waals surface area (Å²) in [6.45, 7) is 5.59. The van der Waals surface area contributed by atoms with Crippen LogP contribution in [0.25, 0.3) is 11.4 Å². The molecule has 1 aliphatic heterocycles. The van der Waals surface area contributed by atoms with E-state index in [9.17, 15) is 9.90 Å². The third kappa shape index (κ3) is 8.93. The van der Waals surface area contributed by atoms with Crippen molar-refractivity contribution >= 4 is 23.5 Å². The van der Waals surface area contributed by atoms with Gasteiger partial charge in [0.1, 0.15) is 23.1 Å². The van der Waals surface area contributed by atoms with Crippen LogP contribution >= 0.6 is 0 Å². The van der Waals surface area contributed by atoms with Crippen molar-refractivity contribution in [2.45, 2.75) is 26.6 Å². The fraction of sp³-hybridized carbons (Fsp3) is 0.306. The second-order valence-corrected chi connectivity index (χ2v) is 11.9. The molecule has 0 saturated carbocycles. The smallest absolute Gasteiger partial charge is 0.407 e. The molecule has 264 valence electrons. The molecule has 2 aromatic carbocycles. The highest BCUT2D eigenvalue weighted by Gasteiger charge is 2.22. The molecule has 1 saturated heterocycles. The van der Waals surface area contributed by atoms with Crippen LogP contribution in [-0.4, -0.2) is 98.4 Å². The summed E-state index contributed by atoms with van der Waals surface area (Å²) < 4.78 is 15.9. The molecule has 0 aliphatic carbocycles. The first-order valence-electron chi connectivity index (χ1n) is 16.4. The average molecular weight is 693 g/mol. The SMILES string of the molecule is COc1ccc(CN(Cc2ccc(OC)cc2)c2nc(C)nc(-c3cc(CN4CCN(C(=O)O)CC4)cnc3Nc3cnc(OC)nc3)n2)cc1. The van der Waals surface area contributed by atoms with Crippen LogP contribution in [0.2, 0.25) is 0 Å². The van der Waals surface area contributed by atoms with Gasteiger partial charge in [-0.25, -0.2) is 24.7 Å². The first-order chi connectivity index (χ1) is 24.8. The maximum Gasteiger partial charge on any atom is 0.407 e. The summed E-state index contributed by atoms with van der Waals surface area (Å²) in [5.74, 6) is 3.54. The number of ether oxygens (including phenoxy) is 3. The molecule has 1 fully saturated rings. The number of aryl methyl sites for hydroxylation is 1. The van der Waals surface area contributed by atoms with Crippen molar-refractivity contribution in [2.75, 3.05) is 57.7 Å². The van der Waals surface area contributed by atoms with Crippen molar-refractivity contribution < 1.29 is 24.1 Å². The summed E-state index contributed by atoms with van der Waals surface area (Å²) in [4.78, 5) is 45.1. The third-order valence-electron chi connectivity index (χ3n) is 8.39. The van der Waals surface area contributed by atoms with E-state index in [1.165, 1.54) is 12.0 Å². The Morgan fingerprint density at radius 1 is 0.784 bits per heavy atom. The van der Waals surface area contributed by atoms with Gasteiger partial charge < -0.3 is 34.4 Å². The highest BCUT2D eigenvalue weighted by molar-refractivity contribution is 5.75. The van der Waals surface area contributed by atoms with Crippen LogP contribution in [0.15, 0.2) is 73.2 Å². The van der Waals surface area contributed by atoms with Crippen molar-refractivity contribution in [2.24, 2.45) is 0 Å².